The number of nitrogens with zero attached hydrogens (tertiary/aromatic N) is 4. The Bertz CT molecular complexity index is 1210. The standard InChI is InChI=1S/C26H31F4N5O/c1-15-8-19-18(4-5-22-24(19)32-33-31-22)25(35(15)14-26(2,3)30)23-20(28)9-17(10-21(23)29)36-7-6-34-12-16(11-27)13-34/h4-5,9-10,15-16,25H,6-8,11-14H2,1-3H3,(H,31,32,33). The molecular formula is C26H31F4N5O. The highest BCUT2D eigenvalue weighted by Gasteiger charge is 2.40. The molecule has 1 saturated heterocycles. The molecule has 2 aromatic carbocycles. The Morgan fingerprint density at radius 2 is 1.86 bits per heavy atom. The van der Waals surface area contributed by atoms with Gasteiger partial charge < -0.3 is 4.74 Å². The number of nitrogens with one attached hydrogen (secondary N) is 1. The van der Waals surface area contributed by atoms with Gasteiger partial charge in [-0.2, -0.15) is 15.4 Å². The number of likely N-dealkylation sites (tertiary alicyclic amines) is 1. The second kappa shape index (κ2) is 9.63. The third-order valence-corrected chi connectivity index (χ3v) is 7.13. The molecule has 1 aromatic heterocycles. The van der Waals surface area contributed by atoms with E-state index in [4.69, 9.17) is 4.74 Å². The normalized spacial score (nSPS) is 21.5. The molecule has 3 aromatic rings. The van der Waals surface area contributed by atoms with E-state index in [1.165, 1.54) is 26.0 Å². The maximum Gasteiger partial charge on any atom is 0.134 e. The molecule has 0 saturated carbocycles. The largest absolute Gasteiger partial charge is 0.492 e. The minimum absolute atomic E-state index is 0.00195. The number of hydrogen-bond donors (Lipinski definition) is 1. The summed E-state index contributed by atoms with van der Waals surface area (Å²) in [5.41, 5.74) is 1.15. The van der Waals surface area contributed by atoms with Crippen molar-refractivity contribution < 1.29 is 22.3 Å². The first-order valence-corrected chi connectivity index (χ1v) is 12.3. The number of H-pyrrole nitrogens is 1. The van der Waals surface area contributed by atoms with E-state index in [0.29, 0.717) is 42.7 Å². The van der Waals surface area contributed by atoms with Crippen LogP contribution in [0, 0.1) is 17.6 Å². The fourth-order valence-electron chi connectivity index (χ4n) is 5.46. The van der Waals surface area contributed by atoms with E-state index in [-0.39, 0.29) is 43.1 Å². The van der Waals surface area contributed by atoms with E-state index in [2.05, 4.69) is 15.4 Å². The molecule has 2 aliphatic heterocycles. The van der Waals surface area contributed by atoms with Gasteiger partial charge in [0.05, 0.1) is 12.7 Å². The number of halogens is 4. The van der Waals surface area contributed by atoms with Crippen LogP contribution >= 0.6 is 0 Å². The maximum atomic E-state index is 15.6. The van der Waals surface area contributed by atoms with Gasteiger partial charge in [-0.3, -0.25) is 14.2 Å². The van der Waals surface area contributed by atoms with E-state index >= 15 is 8.78 Å². The fourth-order valence-corrected chi connectivity index (χ4v) is 5.46. The average Bonchev–Trinajstić information content (AvgIpc) is 3.25. The lowest BCUT2D eigenvalue weighted by molar-refractivity contribution is 0.0647. The topological polar surface area (TPSA) is 57.3 Å². The van der Waals surface area contributed by atoms with Crippen LogP contribution in [0.2, 0.25) is 0 Å². The zero-order valence-corrected chi connectivity index (χ0v) is 20.7. The zero-order chi connectivity index (χ0) is 25.6. The molecule has 0 amide bonds. The highest BCUT2D eigenvalue weighted by atomic mass is 19.1. The number of hydrogen-bond acceptors (Lipinski definition) is 5. The molecule has 0 spiro atoms. The zero-order valence-electron chi connectivity index (χ0n) is 20.7. The predicted molar refractivity (Wildman–Crippen MR) is 129 cm³/mol. The van der Waals surface area contributed by atoms with E-state index in [0.717, 1.165) is 5.56 Å². The molecule has 0 aliphatic carbocycles. The van der Waals surface area contributed by atoms with Crippen molar-refractivity contribution in [3.63, 3.8) is 0 Å². The highest BCUT2D eigenvalue weighted by molar-refractivity contribution is 5.79. The van der Waals surface area contributed by atoms with Crippen molar-refractivity contribution >= 4 is 11.0 Å². The Labute approximate surface area is 207 Å². The molecule has 2 unspecified atom stereocenters. The minimum atomic E-state index is -1.57. The summed E-state index contributed by atoms with van der Waals surface area (Å²) in [6.45, 7) is 6.65. The van der Waals surface area contributed by atoms with Crippen LogP contribution < -0.4 is 4.74 Å². The average molecular weight is 506 g/mol. The van der Waals surface area contributed by atoms with Crippen LogP contribution in [0.25, 0.3) is 11.0 Å². The highest BCUT2D eigenvalue weighted by Crippen LogP contribution is 2.43. The summed E-state index contributed by atoms with van der Waals surface area (Å²) in [7, 11) is 0. The van der Waals surface area contributed by atoms with Crippen molar-refractivity contribution in [1.82, 2.24) is 25.2 Å². The first kappa shape index (κ1) is 25.0. The monoisotopic (exact) mass is 505 g/mol. The van der Waals surface area contributed by atoms with Gasteiger partial charge in [-0.25, -0.2) is 13.2 Å². The summed E-state index contributed by atoms with van der Waals surface area (Å²) < 4.78 is 64.3. The number of aromatic nitrogens is 3. The van der Waals surface area contributed by atoms with Crippen LogP contribution in [0.1, 0.15) is 43.5 Å². The molecule has 10 heteroatoms. The van der Waals surface area contributed by atoms with Gasteiger partial charge in [0, 0.05) is 55.8 Å². The number of benzene rings is 2. The Balaban J connectivity index is 1.47. The lowest BCUT2D eigenvalue weighted by Gasteiger charge is -2.44. The summed E-state index contributed by atoms with van der Waals surface area (Å²) in [6, 6.07) is 4.90. The molecule has 2 aliphatic rings. The molecule has 2 atom stereocenters. The summed E-state index contributed by atoms with van der Waals surface area (Å²) in [4.78, 5) is 3.86. The summed E-state index contributed by atoms with van der Waals surface area (Å²) in [5, 5.41) is 11.0. The van der Waals surface area contributed by atoms with Crippen LogP contribution in [0.3, 0.4) is 0 Å². The first-order valence-electron chi connectivity index (χ1n) is 12.3. The van der Waals surface area contributed by atoms with Gasteiger partial charge in [-0.1, -0.05) is 6.07 Å². The van der Waals surface area contributed by atoms with Gasteiger partial charge in [-0.15, -0.1) is 0 Å². The molecule has 0 bridgehead atoms. The molecule has 5 rings (SSSR count). The van der Waals surface area contributed by atoms with Gasteiger partial charge in [0.2, 0.25) is 0 Å². The van der Waals surface area contributed by atoms with E-state index in [1.807, 2.05) is 16.7 Å². The van der Waals surface area contributed by atoms with Crippen LogP contribution in [0.4, 0.5) is 17.6 Å². The smallest absolute Gasteiger partial charge is 0.134 e. The third-order valence-electron chi connectivity index (χ3n) is 7.13. The Kier molecular flexibility index (Phi) is 6.67. The van der Waals surface area contributed by atoms with Gasteiger partial charge in [-0.05, 0) is 44.4 Å². The SMILES string of the molecule is CC1Cc2c(ccc3n[nH]nc23)C(c2c(F)cc(OCCN3CC(CF)C3)cc2F)N1CC(C)(C)F. The number of ether oxygens (including phenoxy) is 1. The second-order valence-corrected chi connectivity index (χ2v) is 10.6. The Hall–Kier alpha value is -2.72. The van der Waals surface area contributed by atoms with Crippen LogP contribution in [0.15, 0.2) is 24.3 Å². The van der Waals surface area contributed by atoms with Gasteiger partial charge >= 0.3 is 0 Å². The summed E-state index contributed by atoms with van der Waals surface area (Å²) in [6.07, 6.45) is 0.552. The van der Waals surface area contributed by atoms with Crippen molar-refractivity contribution in [3.8, 4) is 5.75 Å². The first-order chi connectivity index (χ1) is 17.1. The molecule has 3 heterocycles. The van der Waals surface area contributed by atoms with E-state index < -0.39 is 23.3 Å². The van der Waals surface area contributed by atoms with Crippen molar-refractivity contribution in [1.29, 1.82) is 0 Å². The van der Waals surface area contributed by atoms with Crippen LogP contribution in [-0.4, -0.2) is 76.4 Å². The number of rotatable bonds is 8. The van der Waals surface area contributed by atoms with Gasteiger partial charge in [0.25, 0.3) is 0 Å². The van der Waals surface area contributed by atoms with Crippen molar-refractivity contribution in [3.05, 3.63) is 52.6 Å². The Morgan fingerprint density at radius 1 is 1.14 bits per heavy atom. The number of alkyl halides is 2. The number of aromatic amines is 1. The molecule has 0 radical (unpaired) electrons. The Morgan fingerprint density at radius 3 is 2.53 bits per heavy atom. The lowest BCUT2D eigenvalue weighted by Crippen LogP contribution is -2.49. The molecule has 1 N–H and O–H groups in total. The quantitative estimate of drug-likeness (QED) is 0.454. The summed E-state index contributed by atoms with van der Waals surface area (Å²) >= 11 is 0. The van der Waals surface area contributed by atoms with Crippen molar-refractivity contribution in [2.45, 2.75) is 44.9 Å². The van der Waals surface area contributed by atoms with E-state index in [9.17, 15) is 8.78 Å². The predicted octanol–water partition coefficient (Wildman–Crippen LogP) is 4.60. The van der Waals surface area contributed by atoms with Crippen molar-refractivity contribution in [2.75, 3.05) is 39.5 Å². The molecule has 1 fully saturated rings. The van der Waals surface area contributed by atoms with Crippen LogP contribution in [-0.2, 0) is 6.42 Å². The minimum Gasteiger partial charge on any atom is -0.492 e. The van der Waals surface area contributed by atoms with E-state index in [1.54, 1.807) is 12.1 Å². The fraction of sp³-hybridized carbons (Fsp3) is 0.538. The van der Waals surface area contributed by atoms with Crippen LogP contribution in [0.5, 0.6) is 5.75 Å². The van der Waals surface area contributed by atoms with Gasteiger partial charge in [0.1, 0.15) is 40.7 Å². The van der Waals surface area contributed by atoms with Gasteiger partial charge in [0.15, 0.2) is 0 Å². The molecule has 36 heavy (non-hydrogen) atoms. The second-order valence-electron chi connectivity index (χ2n) is 10.6. The van der Waals surface area contributed by atoms with Crippen molar-refractivity contribution in [2.24, 2.45) is 5.92 Å². The molecular weight excluding hydrogens is 474 g/mol. The number of fused-ring (bicyclic) bond motifs is 3. The maximum absolute atomic E-state index is 15.6. The summed E-state index contributed by atoms with van der Waals surface area (Å²) in [5.74, 6) is -1.35. The molecule has 194 valence electrons. The third kappa shape index (κ3) is 4.80. The lowest BCUT2D eigenvalue weighted by atomic mass is 9.83. The molecule has 6 nitrogen and oxygen atoms in total.